The molecule has 0 radical (unpaired) electrons. The van der Waals surface area contributed by atoms with E-state index >= 15 is 0 Å². The molecule has 0 spiro atoms. The highest BCUT2D eigenvalue weighted by Gasteiger charge is 2.29. The van der Waals surface area contributed by atoms with Crippen molar-refractivity contribution in [1.82, 2.24) is 9.71 Å². The number of para-hydroxylation sites is 2. The van der Waals surface area contributed by atoms with Gasteiger partial charge in [-0.1, -0.05) is 12.1 Å². The number of methoxy groups -OCH3 is 1. The van der Waals surface area contributed by atoms with Crippen molar-refractivity contribution in [2.45, 2.75) is 23.8 Å². The van der Waals surface area contributed by atoms with Crippen molar-refractivity contribution in [3.63, 3.8) is 0 Å². The zero-order chi connectivity index (χ0) is 18.9. The third kappa shape index (κ3) is 3.63. The summed E-state index contributed by atoms with van der Waals surface area (Å²) >= 11 is 0. The number of anilines is 1. The minimum atomic E-state index is -3.59. The molecule has 3 aromatic rings. The molecule has 1 unspecified atom stereocenters. The van der Waals surface area contributed by atoms with Gasteiger partial charge in [-0.3, -0.25) is 0 Å². The highest BCUT2D eigenvalue weighted by molar-refractivity contribution is 7.89. The van der Waals surface area contributed by atoms with Crippen LogP contribution in [-0.2, 0) is 10.0 Å². The van der Waals surface area contributed by atoms with Crippen molar-refractivity contribution in [3.05, 3.63) is 48.5 Å². The summed E-state index contributed by atoms with van der Waals surface area (Å²) in [5, 5.41) is 0. The molecule has 1 atom stereocenters. The molecule has 1 fully saturated rings. The Kier molecular flexibility index (Phi) is 4.75. The summed E-state index contributed by atoms with van der Waals surface area (Å²) in [6, 6.07) is 14.5. The molecule has 2 aromatic carbocycles. The Morgan fingerprint density at radius 1 is 1.22 bits per heavy atom. The number of ether oxygens (including phenoxy) is 1. The van der Waals surface area contributed by atoms with E-state index in [-0.39, 0.29) is 10.9 Å². The van der Waals surface area contributed by atoms with Crippen molar-refractivity contribution < 1.29 is 17.6 Å². The van der Waals surface area contributed by atoms with E-state index in [0.29, 0.717) is 18.3 Å². The number of nitrogens with one attached hydrogen (secondary N) is 1. The van der Waals surface area contributed by atoms with Crippen LogP contribution in [0.3, 0.4) is 0 Å². The number of fused-ring (bicyclic) bond motifs is 1. The van der Waals surface area contributed by atoms with Crippen LogP contribution in [0.4, 0.5) is 6.01 Å². The van der Waals surface area contributed by atoms with E-state index in [4.69, 9.17) is 9.15 Å². The van der Waals surface area contributed by atoms with Gasteiger partial charge in [0, 0.05) is 19.1 Å². The lowest BCUT2D eigenvalue weighted by Crippen LogP contribution is -2.40. The summed E-state index contributed by atoms with van der Waals surface area (Å²) in [6.45, 7) is 1.09. The second-order valence-electron chi connectivity index (χ2n) is 6.48. The van der Waals surface area contributed by atoms with E-state index in [9.17, 15) is 8.42 Å². The first-order chi connectivity index (χ1) is 13.1. The van der Waals surface area contributed by atoms with E-state index in [1.165, 1.54) is 12.1 Å². The molecule has 1 N–H and O–H groups in total. The molecule has 8 heteroatoms. The zero-order valence-corrected chi connectivity index (χ0v) is 15.8. The highest BCUT2D eigenvalue weighted by atomic mass is 32.2. The fraction of sp³-hybridized carbons (Fsp3) is 0.316. The molecule has 0 bridgehead atoms. The van der Waals surface area contributed by atoms with Gasteiger partial charge in [-0.2, -0.15) is 4.98 Å². The minimum Gasteiger partial charge on any atom is -0.497 e. The molecule has 1 saturated heterocycles. The lowest BCUT2D eigenvalue weighted by atomic mass is 10.2. The predicted molar refractivity (Wildman–Crippen MR) is 103 cm³/mol. The topological polar surface area (TPSA) is 84.7 Å². The van der Waals surface area contributed by atoms with Crippen LogP contribution in [0.1, 0.15) is 12.8 Å². The molecular formula is C19H21N3O4S. The quantitative estimate of drug-likeness (QED) is 0.700. The number of rotatable bonds is 6. The van der Waals surface area contributed by atoms with E-state index in [1.807, 2.05) is 29.2 Å². The number of benzene rings is 2. The fourth-order valence-electron chi connectivity index (χ4n) is 3.33. The van der Waals surface area contributed by atoms with E-state index in [2.05, 4.69) is 9.71 Å². The minimum absolute atomic E-state index is 0.00563. The Bertz CT molecular complexity index is 998. The maximum Gasteiger partial charge on any atom is 0.298 e. The van der Waals surface area contributed by atoms with Crippen LogP contribution in [-0.4, -0.2) is 39.6 Å². The Hall–Kier alpha value is -2.58. The SMILES string of the molecule is COc1ccc(S(=O)(=O)NCC2CCCN2c2nc3ccccc3o2)cc1. The van der Waals surface area contributed by atoms with Gasteiger partial charge in [0.05, 0.1) is 12.0 Å². The monoisotopic (exact) mass is 387 g/mol. The van der Waals surface area contributed by atoms with Crippen LogP contribution in [0, 0.1) is 0 Å². The summed E-state index contributed by atoms with van der Waals surface area (Å²) in [5.74, 6) is 0.617. The van der Waals surface area contributed by atoms with Gasteiger partial charge in [0.2, 0.25) is 10.0 Å². The average Bonchev–Trinajstić information content (AvgIpc) is 3.32. The number of oxazole rings is 1. The van der Waals surface area contributed by atoms with Gasteiger partial charge in [0.1, 0.15) is 11.3 Å². The van der Waals surface area contributed by atoms with E-state index in [0.717, 1.165) is 30.5 Å². The van der Waals surface area contributed by atoms with Crippen LogP contribution >= 0.6 is 0 Å². The van der Waals surface area contributed by atoms with Crippen LogP contribution in [0.25, 0.3) is 11.1 Å². The van der Waals surface area contributed by atoms with E-state index < -0.39 is 10.0 Å². The molecule has 1 aliphatic rings. The third-order valence-electron chi connectivity index (χ3n) is 4.78. The Morgan fingerprint density at radius 2 is 2.00 bits per heavy atom. The molecule has 27 heavy (non-hydrogen) atoms. The van der Waals surface area contributed by atoms with Crippen LogP contribution in [0.2, 0.25) is 0 Å². The first-order valence-electron chi connectivity index (χ1n) is 8.83. The number of hydrogen-bond donors (Lipinski definition) is 1. The number of sulfonamides is 1. The molecule has 0 aliphatic carbocycles. The normalized spacial score (nSPS) is 17.5. The second kappa shape index (κ2) is 7.21. The van der Waals surface area contributed by atoms with Gasteiger partial charge >= 0.3 is 0 Å². The van der Waals surface area contributed by atoms with Gasteiger partial charge in [-0.25, -0.2) is 13.1 Å². The van der Waals surface area contributed by atoms with Gasteiger partial charge < -0.3 is 14.1 Å². The fourth-order valence-corrected chi connectivity index (χ4v) is 4.40. The van der Waals surface area contributed by atoms with Gasteiger partial charge in [0.25, 0.3) is 6.01 Å². The molecule has 0 amide bonds. The summed E-state index contributed by atoms with van der Waals surface area (Å²) in [7, 11) is -2.04. The molecule has 1 aromatic heterocycles. The number of nitrogens with zero attached hydrogens (tertiary/aromatic N) is 2. The van der Waals surface area contributed by atoms with Gasteiger partial charge in [0.15, 0.2) is 5.58 Å². The Balaban J connectivity index is 1.47. The molecular weight excluding hydrogens is 366 g/mol. The standard InChI is InChI=1S/C19H21N3O4S/c1-25-15-8-10-16(11-9-15)27(23,24)20-13-14-5-4-12-22(14)19-21-17-6-2-3-7-18(17)26-19/h2-3,6-11,14,20H,4-5,12-13H2,1H3. The molecule has 7 nitrogen and oxygen atoms in total. The predicted octanol–water partition coefficient (Wildman–Crippen LogP) is 2.78. The van der Waals surface area contributed by atoms with Crippen LogP contribution in [0.5, 0.6) is 5.75 Å². The smallest absolute Gasteiger partial charge is 0.298 e. The van der Waals surface area contributed by atoms with E-state index in [1.54, 1.807) is 19.2 Å². The van der Waals surface area contributed by atoms with Gasteiger partial charge in [-0.05, 0) is 49.2 Å². The Morgan fingerprint density at radius 3 is 2.74 bits per heavy atom. The first-order valence-corrected chi connectivity index (χ1v) is 10.3. The van der Waals surface area contributed by atoms with Crippen LogP contribution in [0.15, 0.2) is 57.8 Å². The lowest BCUT2D eigenvalue weighted by Gasteiger charge is -2.23. The molecule has 2 heterocycles. The molecule has 4 rings (SSSR count). The van der Waals surface area contributed by atoms with Gasteiger partial charge in [-0.15, -0.1) is 0 Å². The molecule has 0 saturated carbocycles. The third-order valence-corrected chi connectivity index (χ3v) is 6.22. The number of aromatic nitrogens is 1. The zero-order valence-electron chi connectivity index (χ0n) is 15.0. The highest BCUT2D eigenvalue weighted by Crippen LogP contribution is 2.28. The van der Waals surface area contributed by atoms with Crippen molar-refractivity contribution >= 4 is 27.1 Å². The first kappa shape index (κ1) is 17.8. The Labute approximate surface area is 158 Å². The summed E-state index contributed by atoms with van der Waals surface area (Å²) in [5.41, 5.74) is 1.54. The second-order valence-corrected chi connectivity index (χ2v) is 8.25. The molecule has 1 aliphatic heterocycles. The van der Waals surface area contributed by atoms with Crippen LogP contribution < -0.4 is 14.4 Å². The summed E-state index contributed by atoms with van der Waals surface area (Å²) in [6.07, 6.45) is 1.84. The average molecular weight is 387 g/mol. The maximum atomic E-state index is 12.6. The molecule has 142 valence electrons. The summed E-state index contributed by atoms with van der Waals surface area (Å²) < 4.78 is 38.8. The van der Waals surface area contributed by atoms with Crippen molar-refractivity contribution in [1.29, 1.82) is 0 Å². The van der Waals surface area contributed by atoms with Crippen molar-refractivity contribution in [2.24, 2.45) is 0 Å². The van der Waals surface area contributed by atoms with Crippen molar-refractivity contribution in [2.75, 3.05) is 25.1 Å². The largest absolute Gasteiger partial charge is 0.497 e. The maximum absolute atomic E-state index is 12.6. The van der Waals surface area contributed by atoms with Crippen molar-refractivity contribution in [3.8, 4) is 5.75 Å². The number of hydrogen-bond acceptors (Lipinski definition) is 6. The lowest BCUT2D eigenvalue weighted by molar-refractivity contribution is 0.414. The summed E-state index contributed by atoms with van der Waals surface area (Å²) in [4.78, 5) is 6.79.